The number of amides is 1. The first-order chi connectivity index (χ1) is 11.7. The van der Waals surface area contributed by atoms with Crippen molar-refractivity contribution in [1.82, 2.24) is 0 Å². The lowest BCUT2D eigenvalue weighted by molar-refractivity contribution is -0.115. The quantitative estimate of drug-likeness (QED) is 0.670. The summed E-state index contributed by atoms with van der Waals surface area (Å²) < 4.78 is 37.1. The van der Waals surface area contributed by atoms with Crippen molar-refractivity contribution < 1.29 is 18.0 Å². The minimum atomic E-state index is -4.33. The third-order valence-corrected chi connectivity index (χ3v) is 4.16. The summed E-state index contributed by atoms with van der Waals surface area (Å²) in [6, 6.07) is 13.4. The van der Waals surface area contributed by atoms with Gasteiger partial charge in [-0.25, -0.2) is 0 Å². The van der Waals surface area contributed by atoms with Gasteiger partial charge in [0.2, 0.25) is 0 Å². The molecule has 2 N–H and O–H groups in total. The van der Waals surface area contributed by atoms with Gasteiger partial charge < -0.3 is 10.6 Å². The molecule has 0 saturated carbocycles. The van der Waals surface area contributed by atoms with E-state index in [9.17, 15) is 18.0 Å². The second-order valence-corrected chi connectivity index (χ2v) is 7.31. The van der Waals surface area contributed by atoms with Crippen molar-refractivity contribution in [2.24, 2.45) is 0 Å². The van der Waals surface area contributed by atoms with Crippen LogP contribution in [0.1, 0.15) is 24.2 Å². The van der Waals surface area contributed by atoms with E-state index in [-0.39, 0.29) is 11.6 Å². The van der Waals surface area contributed by atoms with Crippen LogP contribution < -0.4 is 10.6 Å². The maximum absolute atomic E-state index is 12.4. The Morgan fingerprint density at radius 3 is 2.20 bits per heavy atom. The summed E-state index contributed by atoms with van der Waals surface area (Å²) in [5.41, 5.74) is 0.969. The van der Waals surface area contributed by atoms with Crippen molar-refractivity contribution in [2.45, 2.75) is 30.2 Å². The smallest absolute Gasteiger partial charge is 0.375 e. The molecular weight excluding hydrogens is 349 g/mol. The number of hydrogen-bond donors (Lipinski definition) is 2. The summed E-state index contributed by atoms with van der Waals surface area (Å²) >= 11 is 1.69. The van der Waals surface area contributed by atoms with E-state index in [0.29, 0.717) is 16.5 Å². The Bertz CT molecular complexity index is 715. The highest BCUT2D eigenvalue weighted by Gasteiger charge is 2.27. The standard InChI is InChI=1S/C18H19F3N2OS/c1-12(2)25-14-9-7-13(8-10-14)17(24)23-16-6-4-3-5-15(16)22-11-18(19,20)21/h3-10,12,22H,11H2,1-2H3,(H,23,24). The lowest BCUT2D eigenvalue weighted by Crippen LogP contribution is -2.22. The van der Waals surface area contributed by atoms with Gasteiger partial charge in [0.05, 0.1) is 11.4 Å². The average Bonchev–Trinajstić information content (AvgIpc) is 2.53. The fourth-order valence-electron chi connectivity index (χ4n) is 2.09. The van der Waals surface area contributed by atoms with Crippen molar-refractivity contribution in [3.05, 3.63) is 54.1 Å². The number of anilines is 2. The Morgan fingerprint density at radius 1 is 1.04 bits per heavy atom. The molecule has 2 rings (SSSR count). The largest absolute Gasteiger partial charge is 0.405 e. The molecule has 0 atom stereocenters. The van der Waals surface area contributed by atoms with Gasteiger partial charge >= 0.3 is 6.18 Å². The summed E-state index contributed by atoms with van der Waals surface area (Å²) in [4.78, 5) is 13.4. The molecule has 0 spiro atoms. The van der Waals surface area contributed by atoms with Crippen LogP contribution in [0.25, 0.3) is 0 Å². The highest BCUT2D eigenvalue weighted by Crippen LogP contribution is 2.25. The van der Waals surface area contributed by atoms with Crippen LogP contribution in [0.5, 0.6) is 0 Å². The molecule has 25 heavy (non-hydrogen) atoms. The van der Waals surface area contributed by atoms with Crippen molar-refractivity contribution in [3.63, 3.8) is 0 Å². The van der Waals surface area contributed by atoms with Gasteiger partial charge in [0.15, 0.2) is 0 Å². The molecular formula is C18H19F3N2OS. The predicted octanol–water partition coefficient (Wildman–Crippen LogP) is 5.41. The van der Waals surface area contributed by atoms with Crippen molar-refractivity contribution in [3.8, 4) is 0 Å². The molecule has 2 aromatic carbocycles. The molecule has 0 heterocycles. The molecule has 0 saturated heterocycles. The first-order valence-electron chi connectivity index (χ1n) is 7.72. The highest BCUT2D eigenvalue weighted by atomic mass is 32.2. The number of nitrogens with one attached hydrogen (secondary N) is 2. The van der Waals surface area contributed by atoms with Gasteiger partial charge in [-0.1, -0.05) is 26.0 Å². The maximum Gasteiger partial charge on any atom is 0.405 e. The number of hydrogen-bond acceptors (Lipinski definition) is 3. The summed E-state index contributed by atoms with van der Waals surface area (Å²) in [6.07, 6.45) is -4.33. The minimum absolute atomic E-state index is 0.222. The molecule has 0 bridgehead atoms. The van der Waals surface area contributed by atoms with Gasteiger partial charge in [-0.2, -0.15) is 13.2 Å². The molecule has 0 aliphatic carbocycles. The van der Waals surface area contributed by atoms with Gasteiger partial charge in [0, 0.05) is 15.7 Å². The van der Waals surface area contributed by atoms with Gasteiger partial charge in [0.25, 0.3) is 5.91 Å². The number of para-hydroxylation sites is 2. The number of carbonyl (C=O) groups is 1. The molecule has 0 unspecified atom stereocenters. The monoisotopic (exact) mass is 368 g/mol. The molecule has 0 aliphatic rings. The summed E-state index contributed by atoms with van der Waals surface area (Å²) in [5.74, 6) is -0.373. The van der Waals surface area contributed by atoms with E-state index >= 15 is 0 Å². The molecule has 0 aliphatic heterocycles. The van der Waals surface area contributed by atoms with E-state index in [1.807, 2.05) is 12.1 Å². The van der Waals surface area contributed by atoms with E-state index in [4.69, 9.17) is 0 Å². The fraction of sp³-hybridized carbons (Fsp3) is 0.278. The van der Waals surface area contributed by atoms with Crippen LogP contribution in [0, 0.1) is 0 Å². The lowest BCUT2D eigenvalue weighted by atomic mass is 10.2. The number of benzene rings is 2. The van der Waals surface area contributed by atoms with Gasteiger partial charge in [-0.15, -0.1) is 11.8 Å². The van der Waals surface area contributed by atoms with Crippen LogP contribution in [0.3, 0.4) is 0 Å². The van der Waals surface area contributed by atoms with E-state index in [1.165, 1.54) is 6.07 Å². The molecule has 7 heteroatoms. The van der Waals surface area contributed by atoms with Crippen molar-refractivity contribution in [1.29, 1.82) is 0 Å². The second-order valence-electron chi connectivity index (χ2n) is 5.66. The van der Waals surface area contributed by atoms with Crippen LogP contribution in [0.2, 0.25) is 0 Å². The first kappa shape index (κ1) is 19.2. The molecule has 134 valence electrons. The summed E-state index contributed by atoms with van der Waals surface area (Å²) in [5, 5.41) is 5.38. The normalized spacial score (nSPS) is 11.4. The predicted molar refractivity (Wildman–Crippen MR) is 96.4 cm³/mol. The molecule has 0 aromatic heterocycles. The van der Waals surface area contributed by atoms with E-state index in [2.05, 4.69) is 24.5 Å². The Balaban J connectivity index is 2.07. The number of carbonyl (C=O) groups excluding carboxylic acids is 1. The third kappa shape index (κ3) is 6.34. The average molecular weight is 368 g/mol. The van der Waals surface area contributed by atoms with Crippen LogP contribution in [-0.2, 0) is 0 Å². The zero-order valence-electron chi connectivity index (χ0n) is 13.9. The molecule has 3 nitrogen and oxygen atoms in total. The summed E-state index contributed by atoms with van der Waals surface area (Å²) in [7, 11) is 0. The second kappa shape index (κ2) is 8.29. The molecule has 1 amide bonds. The Kier molecular flexibility index (Phi) is 6.36. The first-order valence-corrected chi connectivity index (χ1v) is 8.60. The molecule has 2 aromatic rings. The number of thioether (sulfide) groups is 1. The number of halogens is 3. The van der Waals surface area contributed by atoms with Crippen LogP contribution in [-0.4, -0.2) is 23.9 Å². The zero-order chi connectivity index (χ0) is 18.4. The van der Waals surface area contributed by atoms with Crippen molar-refractivity contribution >= 4 is 29.0 Å². The lowest BCUT2D eigenvalue weighted by Gasteiger charge is -2.14. The highest BCUT2D eigenvalue weighted by molar-refractivity contribution is 7.99. The molecule has 0 fully saturated rings. The zero-order valence-corrected chi connectivity index (χ0v) is 14.7. The Morgan fingerprint density at radius 2 is 1.64 bits per heavy atom. The van der Waals surface area contributed by atoms with Crippen LogP contribution in [0.15, 0.2) is 53.4 Å². The van der Waals surface area contributed by atoms with E-state index in [1.54, 1.807) is 42.1 Å². The third-order valence-electron chi connectivity index (χ3n) is 3.14. The SMILES string of the molecule is CC(C)Sc1ccc(C(=O)Nc2ccccc2NCC(F)(F)F)cc1. The fourth-order valence-corrected chi connectivity index (χ4v) is 2.93. The topological polar surface area (TPSA) is 41.1 Å². The minimum Gasteiger partial charge on any atom is -0.375 e. The maximum atomic E-state index is 12.4. The van der Waals surface area contributed by atoms with E-state index < -0.39 is 12.7 Å². The van der Waals surface area contributed by atoms with E-state index in [0.717, 1.165) is 4.90 Å². The van der Waals surface area contributed by atoms with Gasteiger partial charge in [-0.3, -0.25) is 4.79 Å². The summed E-state index contributed by atoms with van der Waals surface area (Å²) in [6.45, 7) is 2.99. The van der Waals surface area contributed by atoms with Crippen molar-refractivity contribution in [2.75, 3.05) is 17.2 Å². The van der Waals surface area contributed by atoms with Crippen LogP contribution in [0.4, 0.5) is 24.5 Å². The number of alkyl halides is 3. The Labute approximate surface area is 149 Å². The van der Waals surface area contributed by atoms with Gasteiger partial charge in [0.1, 0.15) is 6.54 Å². The van der Waals surface area contributed by atoms with Gasteiger partial charge in [-0.05, 0) is 36.4 Å². The molecule has 0 radical (unpaired) electrons. The number of rotatable bonds is 6. The Hall–Kier alpha value is -2.15. The van der Waals surface area contributed by atoms with Crippen LogP contribution >= 0.6 is 11.8 Å².